The maximum atomic E-state index is 11.8. The van der Waals surface area contributed by atoms with Crippen molar-refractivity contribution >= 4 is 11.8 Å². The van der Waals surface area contributed by atoms with Crippen molar-refractivity contribution in [3.63, 3.8) is 0 Å². The third-order valence-corrected chi connectivity index (χ3v) is 3.34. The number of rotatable bonds is 0. The van der Waals surface area contributed by atoms with E-state index < -0.39 is 5.54 Å². The lowest BCUT2D eigenvalue weighted by atomic mass is 10.1. The van der Waals surface area contributed by atoms with E-state index in [1.54, 1.807) is 4.90 Å². The van der Waals surface area contributed by atoms with Crippen LogP contribution in [0, 0.1) is 0 Å². The lowest BCUT2D eigenvalue weighted by Gasteiger charge is -2.34. The summed E-state index contributed by atoms with van der Waals surface area (Å²) in [5.74, 6) is 0.226. The number of hydrogen-bond donors (Lipinski definition) is 1. The predicted octanol–water partition coefficient (Wildman–Crippen LogP) is -0.360. The second kappa shape index (κ2) is 2.05. The summed E-state index contributed by atoms with van der Waals surface area (Å²) in [6, 6.07) is -0.154. The Labute approximate surface area is 76.3 Å². The van der Waals surface area contributed by atoms with Gasteiger partial charge in [-0.1, -0.05) is 0 Å². The van der Waals surface area contributed by atoms with Crippen molar-refractivity contribution in [2.24, 2.45) is 0 Å². The van der Waals surface area contributed by atoms with Crippen LogP contribution in [0.3, 0.4) is 0 Å². The molecule has 2 heterocycles. The fraction of sp³-hybridized carbons (Fsp3) is 0.778. The largest absolute Gasteiger partial charge is 0.340 e. The number of nitrogens with one attached hydrogen (secondary N) is 1. The van der Waals surface area contributed by atoms with Gasteiger partial charge in [0.15, 0.2) is 0 Å². The van der Waals surface area contributed by atoms with E-state index in [-0.39, 0.29) is 17.9 Å². The first-order valence-corrected chi connectivity index (χ1v) is 4.86. The molecule has 2 aliphatic heterocycles. The molecule has 3 aliphatic rings. The van der Waals surface area contributed by atoms with Crippen LogP contribution in [0.15, 0.2) is 0 Å². The Hall–Kier alpha value is -1.06. The highest BCUT2D eigenvalue weighted by atomic mass is 16.2. The molecule has 1 N–H and O–H groups in total. The molecule has 2 amide bonds. The Morgan fingerprint density at radius 1 is 1.38 bits per heavy atom. The number of fused-ring (bicyclic) bond motifs is 1. The van der Waals surface area contributed by atoms with Gasteiger partial charge in [0, 0.05) is 6.54 Å². The van der Waals surface area contributed by atoms with E-state index in [0.717, 1.165) is 32.2 Å². The van der Waals surface area contributed by atoms with Gasteiger partial charge in [-0.25, -0.2) is 0 Å². The van der Waals surface area contributed by atoms with Crippen LogP contribution >= 0.6 is 0 Å². The molecule has 13 heavy (non-hydrogen) atoms. The van der Waals surface area contributed by atoms with Gasteiger partial charge in [0.2, 0.25) is 11.8 Å². The van der Waals surface area contributed by atoms with E-state index >= 15 is 0 Å². The standard InChI is InChI=1S/C9H12N2O2/c12-7-6-2-1-5-11(6)8(13)9(10-7)3-4-9/h6H,1-5H2,(H,10,12)/t6-/m0/s1. The lowest BCUT2D eigenvalue weighted by Crippen LogP contribution is -2.62. The van der Waals surface area contributed by atoms with Crippen LogP contribution < -0.4 is 5.32 Å². The molecule has 1 atom stereocenters. The predicted molar refractivity (Wildman–Crippen MR) is 44.8 cm³/mol. The topological polar surface area (TPSA) is 49.4 Å². The monoisotopic (exact) mass is 180 g/mol. The van der Waals surface area contributed by atoms with Crippen LogP contribution in [0.5, 0.6) is 0 Å². The van der Waals surface area contributed by atoms with Gasteiger partial charge < -0.3 is 10.2 Å². The molecule has 0 bridgehead atoms. The summed E-state index contributed by atoms with van der Waals surface area (Å²) in [4.78, 5) is 25.2. The number of piperazine rings is 1. The van der Waals surface area contributed by atoms with Crippen LogP contribution in [0.2, 0.25) is 0 Å². The highest BCUT2D eigenvalue weighted by Gasteiger charge is 2.59. The van der Waals surface area contributed by atoms with Gasteiger partial charge in [-0.05, 0) is 25.7 Å². The Morgan fingerprint density at radius 3 is 2.85 bits per heavy atom. The van der Waals surface area contributed by atoms with Crippen LogP contribution in [0.1, 0.15) is 25.7 Å². The highest BCUT2D eigenvalue weighted by molar-refractivity contribution is 6.02. The molecule has 0 aromatic carbocycles. The van der Waals surface area contributed by atoms with Gasteiger partial charge in [-0.3, -0.25) is 9.59 Å². The maximum Gasteiger partial charge on any atom is 0.249 e. The number of hydrogen-bond acceptors (Lipinski definition) is 2. The minimum atomic E-state index is -0.460. The van der Waals surface area contributed by atoms with Gasteiger partial charge in [0.05, 0.1) is 0 Å². The van der Waals surface area contributed by atoms with E-state index in [1.165, 1.54) is 0 Å². The minimum absolute atomic E-state index is 0.0644. The smallest absolute Gasteiger partial charge is 0.249 e. The van der Waals surface area contributed by atoms with Crippen molar-refractivity contribution in [3.8, 4) is 0 Å². The molecule has 0 unspecified atom stereocenters. The van der Waals surface area contributed by atoms with Crippen LogP contribution in [-0.2, 0) is 9.59 Å². The van der Waals surface area contributed by atoms with Crippen molar-refractivity contribution in [1.29, 1.82) is 0 Å². The van der Waals surface area contributed by atoms with Gasteiger partial charge >= 0.3 is 0 Å². The third kappa shape index (κ3) is 0.806. The van der Waals surface area contributed by atoms with Crippen molar-refractivity contribution in [1.82, 2.24) is 10.2 Å². The Balaban J connectivity index is 1.96. The molecule has 1 aliphatic carbocycles. The molecule has 0 radical (unpaired) electrons. The molecular formula is C9H12N2O2. The van der Waals surface area contributed by atoms with E-state index in [9.17, 15) is 9.59 Å². The van der Waals surface area contributed by atoms with Crippen LogP contribution in [-0.4, -0.2) is 34.8 Å². The zero-order chi connectivity index (χ0) is 9.05. The van der Waals surface area contributed by atoms with Crippen LogP contribution in [0.4, 0.5) is 0 Å². The van der Waals surface area contributed by atoms with Crippen molar-refractivity contribution < 1.29 is 9.59 Å². The summed E-state index contributed by atoms with van der Waals surface area (Å²) in [5, 5.41) is 2.86. The number of nitrogens with zero attached hydrogens (tertiary/aromatic N) is 1. The zero-order valence-electron chi connectivity index (χ0n) is 7.38. The summed E-state index contributed by atoms with van der Waals surface area (Å²) in [5.41, 5.74) is -0.460. The first-order chi connectivity index (χ1) is 6.23. The second-order valence-electron chi connectivity index (χ2n) is 4.23. The molecule has 0 aromatic rings. The summed E-state index contributed by atoms with van der Waals surface area (Å²) in [6.45, 7) is 0.776. The van der Waals surface area contributed by atoms with Crippen LogP contribution in [0.25, 0.3) is 0 Å². The number of carbonyl (C=O) groups is 2. The van der Waals surface area contributed by atoms with E-state index in [1.807, 2.05) is 0 Å². The molecule has 3 fully saturated rings. The fourth-order valence-corrected chi connectivity index (χ4v) is 2.39. The SMILES string of the molecule is O=C1NC2(CC2)C(=O)N2CCC[C@@H]12. The molecule has 0 aromatic heterocycles. The highest BCUT2D eigenvalue weighted by Crippen LogP contribution is 2.41. The van der Waals surface area contributed by atoms with Gasteiger partial charge in [-0.15, -0.1) is 0 Å². The summed E-state index contributed by atoms with van der Waals surface area (Å²) in [7, 11) is 0. The molecule has 70 valence electrons. The van der Waals surface area contributed by atoms with Crippen molar-refractivity contribution in [3.05, 3.63) is 0 Å². The molecule has 2 saturated heterocycles. The number of amides is 2. The average molecular weight is 180 g/mol. The Bertz CT molecular complexity index is 296. The molecule has 4 heteroatoms. The normalized spacial score (nSPS) is 34.8. The molecule has 1 saturated carbocycles. The average Bonchev–Trinajstić information content (AvgIpc) is 2.70. The minimum Gasteiger partial charge on any atom is -0.340 e. The van der Waals surface area contributed by atoms with Gasteiger partial charge in [0.1, 0.15) is 11.6 Å². The van der Waals surface area contributed by atoms with E-state index in [2.05, 4.69) is 5.32 Å². The second-order valence-corrected chi connectivity index (χ2v) is 4.23. The lowest BCUT2D eigenvalue weighted by molar-refractivity contribution is -0.148. The first-order valence-electron chi connectivity index (χ1n) is 4.86. The first kappa shape index (κ1) is 7.35. The Kier molecular flexibility index (Phi) is 1.16. The fourth-order valence-electron chi connectivity index (χ4n) is 2.39. The number of carbonyl (C=O) groups excluding carboxylic acids is 2. The van der Waals surface area contributed by atoms with E-state index in [0.29, 0.717) is 0 Å². The molecule has 3 rings (SSSR count). The molecule has 4 nitrogen and oxygen atoms in total. The quantitative estimate of drug-likeness (QED) is 0.553. The maximum absolute atomic E-state index is 11.8. The van der Waals surface area contributed by atoms with Crippen molar-refractivity contribution in [2.75, 3.05) is 6.54 Å². The molecular weight excluding hydrogens is 168 g/mol. The summed E-state index contributed by atoms with van der Waals surface area (Å²) in [6.07, 6.45) is 3.48. The third-order valence-electron chi connectivity index (χ3n) is 3.34. The summed E-state index contributed by atoms with van der Waals surface area (Å²) < 4.78 is 0. The molecule has 1 spiro atoms. The zero-order valence-corrected chi connectivity index (χ0v) is 7.38. The Morgan fingerprint density at radius 2 is 2.15 bits per heavy atom. The van der Waals surface area contributed by atoms with Crippen molar-refractivity contribution in [2.45, 2.75) is 37.3 Å². The summed E-state index contributed by atoms with van der Waals surface area (Å²) >= 11 is 0. The van der Waals surface area contributed by atoms with E-state index in [4.69, 9.17) is 0 Å². The van der Waals surface area contributed by atoms with Gasteiger partial charge in [-0.2, -0.15) is 0 Å². The van der Waals surface area contributed by atoms with Gasteiger partial charge in [0.25, 0.3) is 0 Å².